The lowest BCUT2D eigenvalue weighted by Gasteiger charge is -2.16. The van der Waals surface area contributed by atoms with Crippen molar-refractivity contribution in [2.45, 2.75) is 56.8 Å². The van der Waals surface area contributed by atoms with Gasteiger partial charge in [0.05, 0.1) is 42.4 Å². The van der Waals surface area contributed by atoms with E-state index in [1.807, 2.05) is 37.3 Å². The second-order valence-corrected chi connectivity index (χ2v) is 12.1. The molecule has 0 radical (unpaired) electrons. The summed E-state index contributed by atoms with van der Waals surface area (Å²) in [5.41, 5.74) is 3.57. The predicted molar refractivity (Wildman–Crippen MR) is 153 cm³/mol. The van der Waals surface area contributed by atoms with E-state index in [2.05, 4.69) is 15.0 Å². The topological polar surface area (TPSA) is 157 Å². The van der Waals surface area contributed by atoms with Crippen molar-refractivity contribution in [3.63, 3.8) is 0 Å². The van der Waals surface area contributed by atoms with Crippen LogP contribution in [-0.4, -0.2) is 70.4 Å². The first kappa shape index (κ1) is 30.6. The van der Waals surface area contributed by atoms with Gasteiger partial charge >= 0.3 is 5.97 Å². The number of aryl methyl sites for hydroxylation is 1. The molecule has 222 valence electrons. The van der Waals surface area contributed by atoms with Crippen molar-refractivity contribution in [1.82, 2.24) is 15.0 Å². The van der Waals surface area contributed by atoms with E-state index < -0.39 is 22.1 Å². The third kappa shape index (κ3) is 8.13. The summed E-state index contributed by atoms with van der Waals surface area (Å²) in [6.07, 6.45) is 1.91. The standard InChI is InChI=1S/C29H37N3O8S/c1-18-6-8-20(9-7-18)27-26(28(35)30-2)23-16-22(19-10-11-19)24(32-29(23)40-27)17-41(36,37)31-12-4-5-21(15-25(33)34)39-14-13-38-3/h6-9,16,19,21,31H,4-5,10-15,17H2,1-3H3,(H,30,35)(H,33,34). The molecule has 41 heavy (non-hydrogen) atoms. The van der Waals surface area contributed by atoms with Crippen LogP contribution < -0.4 is 10.0 Å². The van der Waals surface area contributed by atoms with Crippen LogP contribution in [0, 0.1) is 6.92 Å². The molecule has 2 aromatic heterocycles. The number of pyridine rings is 1. The average molecular weight is 588 g/mol. The first-order valence-electron chi connectivity index (χ1n) is 13.7. The molecule has 1 fully saturated rings. The number of aromatic nitrogens is 1. The molecule has 0 aliphatic heterocycles. The van der Waals surface area contributed by atoms with Crippen LogP contribution in [-0.2, 0) is 30.0 Å². The highest BCUT2D eigenvalue weighted by Gasteiger charge is 2.32. The molecule has 3 aromatic rings. The highest BCUT2D eigenvalue weighted by Crippen LogP contribution is 2.44. The number of furan rings is 1. The second kappa shape index (κ2) is 13.6. The SMILES string of the molecule is CNC(=O)c1c(-c2ccc(C)cc2)oc2nc(CS(=O)(=O)NCCCC(CC(=O)O)OCCOC)c(C3CC3)cc12. The first-order valence-corrected chi connectivity index (χ1v) is 15.3. The number of carbonyl (C=O) groups is 2. The number of hydrogen-bond donors (Lipinski definition) is 3. The molecule has 0 bridgehead atoms. The molecule has 1 aliphatic carbocycles. The van der Waals surface area contributed by atoms with Crippen LogP contribution >= 0.6 is 0 Å². The normalized spacial score (nSPS) is 14.3. The van der Waals surface area contributed by atoms with Crippen molar-refractivity contribution in [2.24, 2.45) is 0 Å². The summed E-state index contributed by atoms with van der Waals surface area (Å²) in [5, 5.41) is 12.3. The number of sulfonamides is 1. The highest BCUT2D eigenvalue weighted by atomic mass is 32.2. The fourth-order valence-corrected chi connectivity index (χ4v) is 5.87. The van der Waals surface area contributed by atoms with Gasteiger partial charge < -0.3 is 24.3 Å². The van der Waals surface area contributed by atoms with Crippen LogP contribution in [0.5, 0.6) is 0 Å². The molecule has 11 nitrogen and oxygen atoms in total. The first-order chi connectivity index (χ1) is 19.6. The van der Waals surface area contributed by atoms with Gasteiger partial charge in [0, 0.05) is 26.3 Å². The van der Waals surface area contributed by atoms with Crippen molar-refractivity contribution >= 4 is 33.0 Å². The zero-order valence-electron chi connectivity index (χ0n) is 23.6. The van der Waals surface area contributed by atoms with Crippen LogP contribution in [0.4, 0.5) is 0 Å². The largest absolute Gasteiger partial charge is 0.481 e. The molecule has 1 amide bonds. The molecule has 0 saturated heterocycles. The number of carboxylic acids is 1. The fraction of sp³-hybridized carbons (Fsp3) is 0.483. The second-order valence-electron chi connectivity index (χ2n) is 10.3. The number of carbonyl (C=O) groups excluding carboxylic acids is 1. The lowest BCUT2D eigenvalue weighted by Crippen LogP contribution is -2.28. The maximum absolute atomic E-state index is 13.1. The van der Waals surface area contributed by atoms with Gasteiger partial charge in [0.1, 0.15) is 11.5 Å². The van der Waals surface area contributed by atoms with Crippen molar-refractivity contribution in [2.75, 3.05) is 33.9 Å². The van der Waals surface area contributed by atoms with Gasteiger partial charge in [-0.05, 0) is 50.2 Å². The van der Waals surface area contributed by atoms with Crippen LogP contribution in [0.2, 0.25) is 0 Å². The summed E-state index contributed by atoms with van der Waals surface area (Å²) in [4.78, 5) is 28.7. The van der Waals surface area contributed by atoms with E-state index in [0.29, 0.717) is 41.9 Å². The Bertz CT molecular complexity index is 1480. The van der Waals surface area contributed by atoms with Gasteiger partial charge in [-0.25, -0.2) is 18.1 Å². The Hall–Kier alpha value is -3.32. The molecule has 1 aliphatic rings. The number of fused-ring (bicyclic) bond motifs is 1. The molecule has 3 N–H and O–H groups in total. The maximum atomic E-state index is 13.1. The van der Waals surface area contributed by atoms with E-state index in [1.54, 1.807) is 7.05 Å². The molecular formula is C29H37N3O8S. The summed E-state index contributed by atoms with van der Waals surface area (Å²) in [7, 11) is -0.683. The molecule has 2 heterocycles. The van der Waals surface area contributed by atoms with Crippen LogP contribution in [0.15, 0.2) is 34.7 Å². The third-order valence-electron chi connectivity index (χ3n) is 6.98. The van der Waals surface area contributed by atoms with E-state index in [1.165, 1.54) is 7.11 Å². The zero-order chi connectivity index (χ0) is 29.6. The smallest absolute Gasteiger partial charge is 0.305 e. The quantitative estimate of drug-likeness (QED) is 0.212. The molecule has 4 rings (SSSR count). The molecule has 1 atom stereocenters. The Labute approximate surface area is 239 Å². The summed E-state index contributed by atoms with van der Waals surface area (Å²) in [5.74, 6) is -1.07. The Balaban J connectivity index is 1.53. The maximum Gasteiger partial charge on any atom is 0.305 e. The van der Waals surface area contributed by atoms with E-state index in [0.717, 1.165) is 29.5 Å². The van der Waals surface area contributed by atoms with Crippen LogP contribution in [0.3, 0.4) is 0 Å². The molecule has 1 saturated carbocycles. The van der Waals surface area contributed by atoms with Gasteiger partial charge in [0.2, 0.25) is 15.7 Å². The monoisotopic (exact) mass is 587 g/mol. The highest BCUT2D eigenvalue weighted by molar-refractivity contribution is 7.88. The third-order valence-corrected chi connectivity index (χ3v) is 8.27. The number of aliphatic carboxylic acids is 1. The average Bonchev–Trinajstić information content (AvgIpc) is 3.70. The van der Waals surface area contributed by atoms with E-state index in [4.69, 9.17) is 19.0 Å². The van der Waals surface area contributed by atoms with Gasteiger partial charge in [-0.15, -0.1) is 0 Å². The number of rotatable bonds is 16. The van der Waals surface area contributed by atoms with Crippen molar-refractivity contribution < 1.29 is 37.0 Å². The lowest BCUT2D eigenvalue weighted by atomic mass is 10.0. The molecule has 12 heteroatoms. The fourth-order valence-electron chi connectivity index (χ4n) is 4.72. The summed E-state index contributed by atoms with van der Waals surface area (Å²) in [6.45, 7) is 2.71. The Morgan fingerprint density at radius 1 is 1.20 bits per heavy atom. The molecule has 0 spiro atoms. The Morgan fingerprint density at radius 3 is 2.56 bits per heavy atom. The molecule has 1 aromatic carbocycles. The number of carboxylic acid groups (broad SMARTS) is 1. The van der Waals surface area contributed by atoms with E-state index in [9.17, 15) is 18.0 Å². The van der Waals surface area contributed by atoms with Crippen molar-refractivity contribution in [3.8, 4) is 11.3 Å². The Kier molecular flexibility index (Phi) is 10.1. The Morgan fingerprint density at radius 2 is 1.93 bits per heavy atom. The van der Waals surface area contributed by atoms with Gasteiger partial charge in [-0.1, -0.05) is 29.8 Å². The number of ether oxygens (including phenoxy) is 2. The van der Waals surface area contributed by atoms with Crippen molar-refractivity contribution in [3.05, 3.63) is 52.7 Å². The minimum Gasteiger partial charge on any atom is -0.481 e. The van der Waals surface area contributed by atoms with Crippen LogP contribution in [0.25, 0.3) is 22.4 Å². The number of nitrogens with one attached hydrogen (secondary N) is 2. The number of hydrogen-bond acceptors (Lipinski definition) is 8. The summed E-state index contributed by atoms with van der Waals surface area (Å²) >= 11 is 0. The molecule has 1 unspecified atom stereocenters. The van der Waals surface area contributed by atoms with Gasteiger partial charge in [0.15, 0.2) is 0 Å². The predicted octanol–water partition coefficient (Wildman–Crippen LogP) is 3.75. The summed E-state index contributed by atoms with van der Waals surface area (Å²) in [6, 6.07) is 9.46. The van der Waals surface area contributed by atoms with Gasteiger partial charge in [-0.2, -0.15) is 0 Å². The minimum atomic E-state index is -3.77. The number of methoxy groups -OCH3 is 1. The number of benzene rings is 1. The number of amides is 1. The zero-order valence-corrected chi connectivity index (χ0v) is 24.4. The molecular weight excluding hydrogens is 550 g/mol. The van der Waals surface area contributed by atoms with Crippen LogP contribution in [0.1, 0.15) is 65.2 Å². The summed E-state index contributed by atoms with van der Waals surface area (Å²) < 4.78 is 45.3. The number of nitrogens with zero attached hydrogens (tertiary/aromatic N) is 1. The van der Waals surface area contributed by atoms with Crippen molar-refractivity contribution in [1.29, 1.82) is 0 Å². The van der Waals surface area contributed by atoms with E-state index in [-0.39, 0.29) is 42.9 Å². The minimum absolute atomic E-state index is 0.131. The van der Waals surface area contributed by atoms with Gasteiger partial charge in [0.25, 0.3) is 5.91 Å². The van der Waals surface area contributed by atoms with E-state index >= 15 is 0 Å². The van der Waals surface area contributed by atoms with Gasteiger partial charge in [-0.3, -0.25) is 9.59 Å². The lowest BCUT2D eigenvalue weighted by molar-refractivity contribution is -0.140.